The van der Waals surface area contributed by atoms with Crippen LogP contribution in [-0.2, 0) is 9.53 Å². The Morgan fingerprint density at radius 2 is 1.78 bits per heavy atom. The summed E-state index contributed by atoms with van der Waals surface area (Å²) in [6.45, 7) is 5.64. The third-order valence-electron chi connectivity index (χ3n) is 2.87. The number of alkyl carbamates (subject to hydrolysis) is 1. The minimum atomic E-state index is -0.479. The molecule has 0 radical (unpaired) electrons. The van der Waals surface area contributed by atoms with Crippen molar-refractivity contribution in [1.82, 2.24) is 5.32 Å². The van der Waals surface area contributed by atoms with E-state index in [4.69, 9.17) is 10.1 Å². The topological polar surface area (TPSA) is 83.5 Å². The summed E-state index contributed by atoms with van der Waals surface area (Å²) >= 11 is 0. The molecule has 0 saturated heterocycles. The molecule has 0 aliphatic heterocycles. The molecule has 0 aromatic carbocycles. The third kappa shape index (κ3) is 4.70. The Bertz CT molecular complexity index is 360. The minimum absolute atomic E-state index is 0.157. The smallest absolute Gasteiger partial charge is 0.446 e. The van der Waals surface area contributed by atoms with Gasteiger partial charge in [-0.15, -0.1) is 0 Å². The van der Waals surface area contributed by atoms with Crippen LogP contribution >= 0.6 is 0 Å². The largest absolute Gasteiger partial charge is 0.563 e. The number of carbonyl (C=O) groups is 2. The van der Waals surface area contributed by atoms with Crippen LogP contribution in [0.25, 0.3) is 4.98 Å². The first-order valence-corrected chi connectivity index (χ1v) is 6.19. The van der Waals surface area contributed by atoms with E-state index in [0.29, 0.717) is 25.7 Å². The van der Waals surface area contributed by atoms with Crippen LogP contribution in [0.5, 0.6) is 0 Å². The summed E-state index contributed by atoms with van der Waals surface area (Å²) in [6, 6.07) is 0. The normalized spacial score (nSPS) is 23.9. The average molecular weight is 254 g/mol. The molecule has 0 unspecified atom stereocenters. The van der Waals surface area contributed by atoms with E-state index in [9.17, 15) is 9.59 Å². The molecule has 6 nitrogen and oxygen atoms in total. The summed E-state index contributed by atoms with van der Waals surface area (Å²) in [6.07, 6.45) is 1.86. The van der Waals surface area contributed by atoms with Crippen LogP contribution in [0.1, 0.15) is 46.5 Å². The van der Waals surface area contributed by atoms with Gasteiger partial charge in [0.1, 0.15) is 12.0 Å². The molecular formula is C12H20N3O3+. The van der Waals surface area contributed by atoms with Gasteiger partial charge in [-0.25, -0.2) is 4.79 Å². The Hall–Kier alpha value is -1.64. The molecule has 1 fully saturated rings. The maximum atomic E-state index is 11.5. The quantitative estimate of drug-likeness (QED) is 0.767. The highest BCUT2D eigenvalue weighted by atomic mass is 16.6. The van der Waals surface area contributed by atoms with Crippen molar-refractivity contribution in [1.29, 1.82) is 5.39 Å². The van der Waals surface area contributed by atoms with E-state index in [1.807, 2.05) is 20.8 Å². The molecule has 1 aliphatic carbocycles. The molecule has 0 spiro atoms. The van der Waals surface area contributed by atoms with Crippen LogP contribution in [-0.4, -0.2) is 23.6 Å². The zero-order valence-corrected chi connectivity index (χ0v) is 11.1. The fraction of sp³-hybridized carbons (Fsp3) is 0.833. The second kappa shape index (κ2) is 5.80. The van der Waals surface area contributed by atoms with Crippen molar-refractivity contribution < 1.29 is 14.3 Å². The summed E-state index contributed by atoms with van der Waals surface area (Å²) in [5.74, 6) is -0.715. The van der Waals surface area contributed by atoms with Gasteiger partial charge in [-0.3, -0.25) is 0 Å². The van der Waals surface area contributed by atoms with Gasteiger partial charge in [0.2, 0.25) is 10.4 Å². The van der Waals surface area contributed by atoms with E-state index in [1.165, 1.54) is 0 Å². The van der Waals surface area contributed by atoms with Crippen molar-refractivity contribution in [3.63, 3.8) is 0 Å². The zero-order chi connectivity index (χ0) is 13.8. The predicted octanol–water partition coefficient (Wildman–Crippen LogP) is 2.45. The van der Waals surface area contributed by atoms with Crippen LogP contribution in [0, 0.1) is 11.3 Å². The van der Waals surface area contributed by atoms with E-state index >= 15 is 0 Å². The van der Waals surface area contributed by atoms with Gasteiger partial charge in [0.05, 0.1) is 0 Å². The lowest BCUT2D eigenvalue weighted by molar-refractivity contribution is -0.120. The van der Waals surface area contributed by atoms with Gasteiger partial charge in [-0.2, -0.15) is 4.79 Å². The fourth-order valence-electron chi connectivity index (χ4n) is 2.00. The van der Waals surface area contributed by atoms with E-state index in [0.717, 1.165) is 0 Å². The Labute approximate surface area is 107 Å². The number of carbonyl (C=O) groups excluding carboxylic acids is 2. The first kappa shape index (κ1) is 14.4. The van der Waals surface area contributed by atoms with Crippen LogP contribution in [0.4, 0.5) is 4.79 Å². The Morgan fingerprint density at radius 3 is 2.22 bits per heavy atom. The van der Waals surface area contributed by atoms with Crippen molar-refractivity contribution in [3.05, 3.63) is 4.98 Å². The first-order chi connectivity index (χ1) is 8.31. The van der Waals surface area contributed by atoms with E-state index in [1.54, 1.807) is 0 Å². The fourth-order valence-corrected chi connectivity index (χ4v) is 2.00. The number of nitrogens with one attached hydrogen (secondary N) is 1. The molecular weight excluding hydrogens is 234 g/mol. The molecule has 0 aromatic heterocycles. The summed E-state index contributed by atoms with van der Waals surface area (Å²) in [4.78, 5) is 25.4. The average Bonchev–Trinajstić information content (AvgIpc) is 2.26. The van der Waals surface area contributed by atoms with E-state index in [2.05, 4.69) is 10.3 Å². The molecule has 18 heavy (non-hydrogen) atoms. The van der Waals surface area contributed by atoms with Crippen LogP contribution in [0.15, 0.2) is 0 Å². The highest BCUT2D eigenvalue weighted by Gasteiger charge is 2.35. The molecule has 0 heterocycles. The molecule has 1 saturated carbocycles. The zero-order valence-electron chi connectivity index (χ0n) is 11.1. The number of hydrogen-bond acceptors (Lipinski definition) is 4. The summed E-state index contributed by atoms with van der Waals surface area (Å²) in [7, 11) is 0. The van der Waals surface area contributed by atoms with Gasteiger partial charge in [0.15, 0.2) is 0 Å². The van der Waals surface area contributed by atoms with Gasteiger partial charge in [0, 0.05) is 5.54 Å². The number of nitrogens with zero attached hydrogens (tertiary/aromatic N) is 2. The number of amides is 2. The van der Waals surface area contributed by atoms with Crippen molar-refractivity contribution >= 4 is 12.0 Å². The molecule has 0 atom stereocenters. The van der Waals surface area contributed by atoms with Crippen molar-refractivity contribution in [3.8, 4) is 0 Å². The van der Waals surface area contributed by atoms with Crippen LogP contribution in [0.2, 0.25) is 0 Å². The summed E-state index contributed by atoms with van der Waals surface area (Å²) in [5.41, 5.74) is -0.319. The molecule has 1 N–H and O–H groups in total. The lowest BCUT2D eigenvalue weighted by atomic mass is 9.87. The Balaban J connectivity index is 2.34. The maximum Gasteiger partial charge on any atom is 0.563 e. The predicted molar refractivity (Wildman–Crippen MR) is 65.2 cm³/mol. The molecule has 2 amide bonds. The molecule has 0 bridgehead atoms. The number of rotatable bonds is 2. The standard InChI is InChI=1S/C12H19N3O3/c1-12(2,3)14-11(17)18-9-6-4-8(5-7-9)10(16)15-13/h8-9H,4-7H2,1-3H3/p+1. The SMILES string of the molecule is CC(C)(C)NC(=O)OC1CCC(C(=O)[N+]#N)CC1. The first-order valence-electron chi connectivity index (χ1n) is 6.19. The Kier molecular flexibility index (Phi) is 4.65. The van der Waals surface area contributed by atoms with Crippen LogP contribution < -0.4 is 5.32 Å². The summed E-state index contributed by atoms with van der Waals surface area (Å²) < 4.78 is 5.27. The van der Waals surface area contributed by atoms with E-state index < -0.39 is 12.0 Å². The summed E-state index contributed by atoms with van der Waals surface area (Å²) in [5, 5.41) is 11.1. The molecule has 1 aliphatic rings. The van der Waals surface area contributed by atoms with Crippen LogP contribution in [0.3, 0.4) is 0 Å². The van der Waals surface area contributed by atoms with Crippen molar-refractivity contribution in [2.45, 2.75) is 58.1 Å². The van der Waals surface area contributed by atoms with Crippen molar-refractivity contribution in [2.75, 3.05) is 0 Å². The molecule has 100 valence electrons. The highest BCUT2D eigenvalue weighted by Crippen LogP contribution is 2.27. The second-order valence-electron chi connectivity index (χ2n) is 5.69. The minimum Gasteiger partial charge on any atom is -0.446 e. The van der Waals surface area contributed by atoms with E-state index in [-0.39, 0.29) is 17.6 Å². The number of hydrogen-bond donors (Lipinski definition) is 1. The highest BCUT2D eigenvalue weighted by molar-refractivity contribution is 5.87. The lowest BCUT2D eigenvalue weighted by Crippen LogP contribution is -2.42. The Morgan fingerprint density at radius 1 is 1.22 bits per heavy atom. The van der Waals surface area contributed by atoms with Crippen molar-refractivity contribution in [2.24, 2.45) is 5.92 Å². The van der Waals surface area contributed by atoms with Gasteiger partial charge < -0.3 is 10.1 Å². The van der Waals surface area contributed by atoms with Gasteiger partial charge in [0.25, 0.3) is 0 Å². The van der Waals surface area contributed by atoms with Gasteiger partial charge in [-0.05, 0) is 46.5 Å². The third-order valence-corrected chi connectivity index (χ3v) is 2.87. The van der Waals surface area contributed by atoms with Gasteiger partial charge in [-0.1, -0.05) is 0 Å². The molecule has 6 heteroatoms. The molecule has 0 aromatic rings. The molecule has 1 rings (SSSR count). The maximum absolute atomic E-state index is 11.5. The van der Waals surface area contributed by atoms with Gasteiger partial charge >= 0.3 is 12.0 Å². The number of diazo groups is 1. The number of ether oxygens (including phenoxy) is 1. The monoisotopic (exact) mass is 254 g/mol. The lowest BCUT2D eigenvalue weighted by Gasteiger charge is -2.26. The second-order valence-corrected chi connectivity index (χ2v) is 5.69.